The molecule has 1 aromatic rings. The molecule has 3 atom stereocenters. The Hall–Kier alpha value is -2.42. The SMILES string of the molecule is O=C(N1CCN(c2cnccn2)CC1)N1CCC[C@H](NC(=O)C23CC4CC(C2)C(O)C(C4)C3)C1. The van der Waals surface area contributed by atoms with Gasteiger partial charge in [0.1, 0.15) is 5.82 Å². The molecule has 184 valence electrons. The van der Waals surface area contributed by atoms with E-state index in [1.54, 1.807) is 18.6 Å². The van der Waals surface area contributed by atoms with Crippen molar-refractivity contribution >= 4 is 17.8 Å². The Kier molecular flexibility index (Phi) is 5.62. The first-order valence-electron chi connectivity index (χ1n) is 13.0. The number of carbonyl (C=O) groups excluding carboxylic acids is 2. The molecule has 2 saturated heterocycles. The van der Waals surface area contributed by atoms with Crippen LogP contribution in [-0.2, 0) is 4.79 Å². The number of aromatic nitrogens is 2. The highest BCUT2D eigenvalue weighted by Gasteiger charge is 2.58. The molecular weight excluding hydrogens is 432 g/mol. The average Bonchev–Trinajstić information content (AvgIpc) is 2.87. The zero-order chi connectivity index (χ0) is 23.3. The number of urea groups is 1. The van der Waals surface area contributed by atoms with Crippen LogP contribution in [0.3, 0.4) is 0 Å². The Labute approximate surface area is 200 Å². The number of piperazine rings is 1. The van der Waals surface area contributed by atoms with Gasteiger partial charge in [-0.3, -0.25) is 9.78 Å². The van der Waals surface area contributed by atoms with E-state index in [0.717, 1.165) is 70.4 Å². The minimum Gasteiger partial charge on any atom is -0.393 e. The maximum absolute atomic E-state index is 13.5. The number of likely N-dealkylation sites (tertiary alicyclic amines) is 1. The van der Waals surface area contributed by atoms with Crippen LogP contribution < -0.4 is 10.2 Å². The molecule has 4 saturated carbocycles. The van der Waals surface area contributed by atoms with Crippen LogP contribution in [0.2, 0.25) is 0 Å². The summed E-state index contributed by atoms with van der Waals surface area (Å²) < 4.78 is 0. The topological polar surface area (TPSA) is 102 Å². The van der Waals surface area contributed by atoms with E-state index < -0.39 is 0 Å². The van der Waals surface area contributed by atoms with Crippen molar-refractivity contribution in [3.8, 4) is 0 Å². The largest absolute Gasteiger partial charge is 0.393 e. The molecule has 6 aliphatic rings. The normalized spacial score (nSPS) is 37.1. The van der Waals surface area contributed by atoms with Gasteiger partial charge in [-0.2, -0.15) is 0 Å². The van der Waals surface area contributed by atoms with Crippen LogP contribution in [0.1, 0.15) is 44.9 Å². The Balaban J connectivity index is 1.04. The number of anilines is 1. The molecule has 2 N–H and O–H groups in total. The van der Waals surface area contributed by atoms with Crippen LogP contribution in [-0.4, -0.2) is 88.2 Å². The Bertz CT molecular complexity index is 904. The van der Waals surface area contributed by atoms with Gasteiger partial charge in [-0.05, 0) is 62.7 Å². The summed E-state index contributed by atoms with van der Waals surface area (Å²) in [4.78, 5) is 41.3. The number of piperidine rings is 1. The number of nitrogens with zero attached hydrogens (tertiary/aromatic N) is 5. The number of amides is 3. The van der Waals surface area contributed by atoms with Crippen molar-refractivity contribution in [2.24, 2.45) is 23.2 Å². The zero-order valence-electron chi connectivity index (χ0n) is 19.8. The van der Waals surface area contributed by atoms with E-state index in [4.69, 9.17) is 0 Å². The molecule has 34 heavy (non-hydrogen) atoms. The summed E-state index contributed by atoms with van der Waals surface area (Å²) in [6.07, 6.45) is 11.6. The number of nitrogens with one attached hydrogen (secondary N) is 1. The number of aliphatic hydroxyl groups excluding tert-OH is 1. The van der Waals surface area contributed by atoms with E-state index in [9.17, 15) is 14.7 Å². The van der Waals surface area contributed by atoms with Crippen LogP contribution >= 0.6 is 0 Å². The van der Waals surface area contributed by atoms with Gasteiger partial charge in [0, 0.05) is 57.7 Å². The van der Waals surface area contributed by atoms with Crippen molar-refractivity contribution in [2.75, 3.05) is 44.2 Å². The van der Waals surface area contributed by atoms with Crippen molar-refractivity contribution in [3.63, 3.8) is 0 Å². The molecule has 4 bridgehead atoms. The van der Waals surface area contributed by atoms with Crippen LogP contribution in [0.4, 0.5) is 10.6 Å². The summed E-state index contributed by atoms with van der Waals surface area (Å²) in [7, 11) is 0. The molecule has 0 radical (unpaired) electrons. The maximum atomic E-state index is 13.5. The zero-order valence-corrected chi connectivity index (χ0v) is 19.8. The molecule has 0 aromatic carbocycles. The number of carbonyl (C=O) groups is 2. The molecule has 3 amide bonds. The second kappa shape index (κ2) is 8.66. The number of hydrogen-bond donors (Lipinski definition) is 2. The fourth-order valence-electron chi connectivity index (χ4n) is 7.66. The van der Waals surface area contributed by atoms with Crippen LogP contribution in [0, 0.1) is 23.2 Å². The molecule has 4 aliphatic carbocycles. The van der Waals surface area contributed by atoms with Gasteiger partial charge in [0.2, 0.25) is 5.91 Å². The smallest absolute Gasteiger partial charge is 0.320 e. The first-order valence-corrected chi connectivity index (χ1v) is 13.0. The predicted molar refractivity (Wildman–Crippen MR) is 126 cm³/mol. The quantitative estimate of drug-likeness (QED) is 0.697. The minimum atomic E-state index is -0.293. The van der Waals surface area contributed by atoms with Crippen molar-refractivity contribution in [1.82, 2.24) is 25.1 Å². The molecule has 0 spiro atoms. The molecular formula is C25H36N6O3. The summed E-state index contributed by atoms with van der Waals surface area (Å²) in [6.45, 7) is 4.16. The monoisotopic (exact) mass is 468 g/mol. The molecule has 6 fully saturated rings. The van der Waals surface area contributed by atoms with Crippen LogP contribution in [0.15, 0.2) is 18.6 Å². The minimum absolute atomic E-state index is 0.0176. The molecule has 3 heterocycles. The Morgan fingerprint density at radius 1 is 1.00 bits per heavy atom. The lowest BCUT2D eigenvalue weighted by molar-refractivity contribution is -0.163. The Morgan fingerprint density at radius 3 is 2.47 bits per heavy atom. The number of hydrogen-bond acceptors (Lipinski definition) is 6. The molecule has 2 unspecified atom stereocenters. The predicted octanol–water partition coefficient (Wildman–Crippen LogP) is 1.49. The highest BCUT2D eigenvalue weighted by Crippen LogP contribution is 2.60. The van der Waals surface area contributed by atoms with Crippen molar-refractivity contribution in [3.05, 3.63) is 18.6 Å². The third-order valence-corrected chi connectivity index (χ3v) is 9.16. The van der Waals surface area contributed by atoms with Gasteiger partial charge in [0.15, 0.2) is 0 Å². The van der Waals surface area contributed by atoms with E-state index in [0.29, 0.717) is 37.4 Å². The van der Waals surface area contributed by atoms with Gasteiger partial charge in [-0.15, -0.1) is 0 Å². The van der Waals surface area contributed by atoms with Crippen molar-refractivity contribution < 1.29 is 14.7 Å². The standard InChI is InChI=1S/C25H36N6O3/c32-22-18-10-17-11-19(22)14-25(12-17,13-18)23(33)28-20-2-1-5-31(16-20)24(34)30-8-6-29(7-9-30)21-15-26-3-4-27-21/h3-4,15,17-20,22,32H,1-2,5-14,16H2,(H,28,33)/t17?,18?,19?,20-,22?,25?/m0/s1. The van der Waals surface area contributed by atoms with Crippen LogP contribution in [0.25, 0.3) is 0 Å². The van der Waals surface area contributed by atoms with Gasteiger partial charge >= 0.3 is 6.03 Å². The molecule has 1 aromatic heterocycles. The van der Waals surface area contributed by atoms with E-state index in [2.05, 4.69) is 20.2 Å². The second-order valence-electron chi connectivity index (χ2n) is 11.3. The molecule has 7 rings (SSSR count). The lowest BCUT2D eigenvalue weighted by atomic mass is 9.48. The second-order valence-corrected chi connectivity index (χ2v) is 11.3. The van der Waals surface area contributed by atoms with Gasteiger partial charge < -0.3 is 25.1 Å². The van der Waals surface area contributed by atoms with E-state index in [1.165, 1.54) is 0 Å². The fraction of sp³-hybridized carbons (Fsp3) is 0.760. The van der Waals surface area contributed by atoms with E-state index in [-0.39, 0.29) is 29.5 Å². The number of aliphatic hydroxyl groups is 1. The van der Waals surface area contributed by atoms with Crippen LogP contribution in [0.5, 0.6) is 0 Å². The van der Waals surface area contributed by atoms with Gasteiger partial charge in [0.25, 0.3) is 0 Å². The van der Waals surface area contributed by atoms with E-state index in [1.807, 2.05) is 9.80 Å². The summed E-state index contributed by atoms with van der Waals surface area (Å²) in [5.41, 5.74) is -0.293. The van der Waals surface area contributed by atoms with Gasteiger partial charge in [-0.25, -0.2) is 9.78 Å². The molecule has 2 aliphatic heterocycles. The molecule has 9 heteroatoms. The summed E-state index contributed by atoms with van der Waals surface area (Å²) in [6, 6.07) is 0.0969. The van der Waals surface area contributed by atoms with Crippen molar-refractivity contribution in [1.29, 1.82) is 0 Å². The molecule has 9 nitrogen and oxygen atoms in total. The highest BCUT2D eigenvalue weighted by molar-refractivity contribution is 5.83. The Morgan fingerprint density at radius 2 is 1.76 bits per heavy atom. The number of rotatable bonds is 3. The lowest BCUT2D eigenvalue weighted by Crippen LogP contribution is -2.61. The highest BCUT2D eigenvalue weighted by atomic mass is 16.3. The summed E-state index contributed by atoms with van der Waals surface area (Å²) in [5.74, 6) is 2.21. The third-order valence-electron chi connectivity index (χ3n) is 9.16. The maximum Gasteiger partial charge on any atom is 0.320 e. The third kappa shape index (κ3) is 3.91. The first-order chi connectivity index (χ1) is 16.5. The van der Waals surface area contributed by atoms with Crippen molar-refractivity contribution in [2.45, 2.75) is 57.1 Å². The van der Waals surface area contributed by atoms with Gasteiger partial charge in [-0.1, -0.05) is 0 Å². The average molecular weight is 469 g/mol. The summed E-state index contributed by atoms with van der Waals surface area (Å²) in [5, 5.41) is 13.9. The fourth-order valence-corrected chi connectivity index (χ4v) is 7.66. The van der Waals surface area contributed by atoms with E-state index >= 15 is 0 Å². The first kappa shape index (κ1) is 22.1. The summed E-state index contributed by atoms with van der Waals surface area (Å²) >= 11 is 0. The lowest BCUT2D eigenvalue weighted by Gasteiger charge is -2.58. The van der Waals surface area contributed by atoms with Gasteiger partial charge in [0.05, 0.1) is 17.7 Å².